The van der Waals surface area contributed by atoms with Crippen LogP contribution in [-0.4, -0.2) is 59.5 Å². The van der Waals surface area contributed by atoms with E-state index in [0.29, 0.717) is 17.1 Å². The Labute approximate surface area is 187 Å². The van der Waals surface area contributed by atoms with E-state index in [4.69, 9.17) is 15.9 Å². The number of methoxy groups -OCH3 is 1. The number of carbonyl (C=O) groups is 2. The largest absolute Gasteiger partial charge is 0.493 e. The number of hydrogen-bond donors (Lipinski definition) is 2. The van der Waals surface area contributed by atoms with Crippen LogP contribution in [0.3, 0.4) is 0 Å². The van der Waals surface area contributed by atoms with Crippen LogP contribution in [0.15, 0.2) is 47.4 Å². The van der Waals surface area contributed by atoms with Crippen LogP contribution >= 0.6 is 0 Å². The molecule has 0 aliphatic carbocycles. The van der Waals surface area contributed by atoms with Crippen molar-refractivity contribution in [3.8, 4) is 23.8 Å². The fourth-order valence-corrected chi connectivity index (χ4v) is 3.43. The molecule has 0 aromatic heterocycles. The molecule has 0 unspecified atom stereocenters. The number of rotatable bonds is 10. The Morgan fingerprint density at radius 1 is 1.09 bits per heavy atom. The van der Waals surface area contributed by atoms with Crippen molar-refractivity contribution in [3.05, 3.63) is 53.6 Å². The van der Waals surface area contributed by atoms with Gasteiger partial charge in [0.2, 0.25) is 10.0 Å². The maximum absolute atomic E-state index is 12.4. The Bertz CT molecular complexity index is 1110. The number of sulfonamides is 1. The van der Waals surface area contributed by atoms with Crippen LogP contribution in [0, 0.1) is 12.3 Å². The highest BCUT2D eigenvalue weighted by molar-refractivity contribution is 7.89. The summed E-state index contributed by atoms with van der Waals surface area (Å²) in [5, 5.41) is 2.76. The second-order valence-corrected chi connectivity index (χ2v) is 8.56. The zero-order valence-electron chi connectivity index (χ0n) is 18.0. The number of likely N-dealkylation sites (N-methyl/N-ethyl adjacent to an activating group) is 1. The monoisotopic (exact) mass is 459 g/mol. The second-order valence-electron chi connectivity index (χ2n) is 6.80. The van der Waals surface area contributed by atoms with Crippen molar-refractivity contribution < 1.29 is 27.5 Å². The molecule has 32 heavy (non-hydrogen) atoms. The number of carbonyl (C=O) groups excluding carboxylic acids is 2. The molecule has 0 spiro atoms. The van der Waals surface area contributed by atoms with Gasteiger partial charge in [-0.2, -0.15) is 4.72 Å². The van der Waals surface area contributed by atoms with E-state index in [9.17, 15) is 18.0 Å². The minimum Gasteiger partial charge on any atom is -0.493 e. The molecule has 0 saturated heterocycles. The number of nitrogens with one attached hydrogen (secondary N) is 2. The van der Waals surface area contributed by atoms with Gasteiger partial charge in [0, 0.05) is 26.2 Å². The highest BCUT2D eigenvalue weighted by Gasteiger charge is 2.15. The highest BCUT2D eigenvalue weighted by Crippen LogP contribution is 2.28. The first-order valence-corrected chi connectivity index (χ1v) is 11.0. The van der Waals surface area contributed by atoms with Crippen molar-refractivity contribution in [3.63, 3.8) is 0 Å². The molecule has 170 valence electrons. The molecule has 10 heteroatoms. The van der Waals surface area contributed by atoms with Gasteiger partial charge < -0.3 is 19.7 Å². The van der Waals surface area contributed by atoms with Gasteiger partial charge in [-0.3, -0.25) is 9.59 Å². The lowest BCUT2D eigenvalue weighted by Crippen LogP contribution is -2.27. The van der Waals surface area contributed by atoms with Crippen molar-refractivity contribution in [1.82, 2.24) is 14.9 Å². The molecule has 0 aliphatic rings. The molecule has 0 bridgehead atoms. The average molecular weight is 460 g/mol. The normalized spacial score (nSPS) is 10.7. The minimum absolute atomic E-state index is 0.0115. The number of benzene rings is 2. The SMILES string of the molecule is C#CCNS(=O)(=O)c1ccc(C(=O)NCc2ccc(OCC(=O)N(C)C)c(OC)c2)cc1. The molecule has 0 radical (unpaired) electrons. The summed E-state index contributed by atoms with van der Waals surface area (Å²) in [5.74, 6) is 2.47. The fourth-order valence-electron chi connectivity index (χ4n) is 2.50. The van der Waals surface area contributed by atoms with Gasteiger partial charge in [0.05, 0.1) is 18.6 Å². The van der Waals surface area contributed by atoms with E-state index in [-0.39, 0.29) is 36.4 Å². The maximum atomic E-state index is 12.4. The predicted molar refractivity (Wildman–Crippen MR) is 119 cm³/mol. The molecule has 0 saturated carbocycles. The van der Waals surface area contributed by atoms with Crippen molar-refractivity contribution in [2.45, 2.75) is 11.4 Å². The molecule has 2 N–H and O–H groups in total. The topological polar surface area (TPSA) is 114 Å². The Balaban J connectivity index is 2.00. The molecule has 0 aliphatic heterocycles. The van der Waals surface area contributed by atoms with Crippen molar-refractivity contribution in [2.24, 2.45) is 0 Å². The Kier molecular flexibility index (Phi) is 8.63. The standard InChI is InChI=1S/C22H25N3O6S/c1-5-12-24-32(28,29)18-9-7-17(8-10-18)22(27)23-14-16-6-11-19(20(13-16)30-4)31-15-21(26)25(2)3/h1,6-11,13,24H,12,14-15H2,2-4H3,(H,23,27). The van der Waals surface area contributed by atoms with Gasteiger partial charge >= 0.3 is 0 Å². The van der Waals surface area contributed by atoms with E-state index >= 15 is 0 Å². The third-order valence-corrected chi connectivity index (χ3v) is 5.74. The third-order valence-electron chi connectivity index (χ3n) is 4.32. The first-order chi connectivity index (χ1) is 15.2. The molecule has 0 heterocycles. The van der Waals surface area contributed by atoms with Gasteiger partial charge in [-0.05, 0) is 42.0 Å². The van der Waals surface area contributed by atoms with Crippen molar-refractivity contribution in [1.29, 1.82) is 0 Å². The summed E-state index contributed by atoms with van der Waals surface area (Å²) in [5.41, 5.74) is 1.05. The van der Waals surface area contributed by atoms with Crippen LogP contribution in [0.1, 0.15) is 15.9 Å². The molecule has 2 rings (SSSR count). The number of nitrogens with zero attached hydrogens (tertiary/aromatic N) is 1. The van der Waals surface area contributed by atoms with Gasteiger partial charge in [-0.15, -0.1) is 6.42 Å². The van der Waals surface area contributed by atoms with Crippen molar-refractivity contribution >= 4 is 21.8 Å². The van der Waals surface area contributed by atoms with E-state index in [0.717, 1.165) is 5.56 Å². The summed E-state index contributed by atoms with van der Waals surface area (Å²) in [6.07, 6.45) is 5.06. The number of amides is 2. The van der Waals surface area contributed by atoms with Crippen LogP contribution < -0.4 is 19.5 Å². The minimum atomic E-state index is -3.72. The lowest BCUT2D eigenvalue weighted by Gasteiger charge is -2.14. The van der Waals surface area contributed by atoms with Crippen LogP contribution in [0.25, 0.3) is 0 Å². The van der Waals surface area contributed by atoms with Gasteiger partial charge in [-0.1, -0.05) is 12.0 Å². The summed E-state index contributed by atoms with van der Waals surface area (Å²) < 4.78 is 37.1. The summed E-state index contributed by atoms with van der Waals surface area (Å²) in [7, 11) is 1.03. The molecule has 2 amide bonds. The molecule has 0 fully saturated rings. The molecule has 9 nitrogen and oxygen atoms in total. The van der Waals surface area contributed by atoms with Crippen LogP contribution in [-0.2, 0) is 21.4 Å². The summed E-state index contributed by atoms with van der Waals surface area (Å²) in [6, 6.07) is 10.6. The first kappa shape index (κ1) is 24.7. The maximum Gasteiger partial charge on any atom is 0.259 e. The quantitative estimate of drug-likeness (QED) is 0.513. The first-order valence-electron chi connectivity index (χ1n) is 9.49. The molecule has 2 aromatic carbocycles. The summed E-state index contributed by atoms with van der Waals surface area (Å²) in [4.78, 5) is 25.5. The van der Waals surface area contributed by atoms with Crippen LogP contribution in [0.2, 0.25) is 0 Å². The summed E-state index contributed by atoms with van der Waals surface area (Å²) >= 11 is 0. The van der Waals surface area contributed by atoms with E-state index in [1.165, 1.54) is 36.3 Å². The van der Waals surface area contributed by atoms with Crippen LogP contribution in [0.5, 0.6) is 11.5 Å². The molecular weight excluding hydrogens is 434 g/mol. The fraction of sp³-hybridized carbons (Fsp3) is 0.273. The smallest absolute Gasteiger partial charge is 0.259 e. The molecule has 2 aromatic rings. The van der Waals surface area contributed by atoms with Crippen molar-refractivity contribution in [2.75, 3.05) is 34.4 Å². The van der Waals surface area contributed by atoms with E-state index < -0.39 is 10.0 Å². The molecular formula is C22H25N3O6S. The molecule has 0 atom stereocenters. The van der Waals surface area contributed by atoms with Gasteiger partial charge in [0.15, 0.2) is 18.1 Å². The Hall–Kier alpha value is -3.55. The average Bonchev–Trinajstić information content (AvgIpc) is 2.79. The Morgan fingerprint density at radius 3 is 2.38 bits per heavy atom. The lowest BCUT2D eigenvalue weighted by molar-refractivity contribution is -0.130. The highest BCUT2D eigenvalue weighted by atomic mass is 32.2. The van der Waals surface area contributed by atoms with E-state index in [1.807, 2.05) is 0 Å². The zero-order chi connectivity index (χ0) is 23.7. The van der Waals surface area contributed by atoms with Gasteiger partial charge in [0.25, 0.3) is 11.8 Å². The Morgan fingerprint density at radius 2 is 1.78 bits per heavy atom. The predicted octanol–water partition coefficient (Wildman–Crippen LogP) is 1.00. The number of ether oxygens (including phenoxy) is 2. The third kappa shape index (κ3) is 6.73. The number of hydrogen-bond acceptors (Lipinski definition) is 6. The summed E-state index contributed by atoms with van der Waals surface area (Å²) in [6.45, 7) is -0.0386. The second kappa shape index (κ2) is 11.2. The van der Waals surface area contributed by atoms with Gasteiger partial charge in [-0.25, -0.2) is 8.42 Å². The van der Waals surface area contributed by atoms with E-state index in [1.54, 1.807) is 32.3 Å². The van der Waals surface area contributed by atoms with Crippen LogP contribution in [0.4, 0.5) is 0 Å². The van der Waals surface area contributed by atoms with Gasteiger partial charge in [0.1, 0.15) is 0 Å². The number of terminal acetylenes is 1. The lowest BCUT2D eigenvalue weighted by atomic mass is 10.1. The van der Waals surface area contributed by atoms with E-state index in [2.05, 4.69) is 16.0 Å². The zero-order valence-corrected chi connectivity index (χ0v) is 18.9.